The molecule has 100 valence electrons. The van der Waals surface area contributed by atoms with E-state index in [-0.39, 0.29) is 12.0 Å². The van der Waals surface area contributed by atoms with Crippen molar-refractivity contribution < 1.29 is 9.53 Å². The number of pyridine rings is 1. The molecule has 0 aliphatic heterocycles. The van der Waals surface area contributed by atoms with Gasteiger partial charge in [-0.2, -0.15) is 0 Å². The molecule has 2 aromatic rings. The number of hydrogen-bond donors (Lipinski definition) is 1. The third kappa shape index (κ3) is 3.20. The van der Waals surface area contributed by atoms with Crippen LogP contribution >= 0.6 is 0 Å². The van der Waals surface area contributed by atoms with Crippen molar-refractivity contribution in [1.29, 1.82) is 0 Å². The minimum atomic E-state index is -0.376. The van der Waals surface area contributed by atoms with Gasteiger partial charge < -0.3 is 15.0 Å². The Morgan fingerprint density at radius 1 is 1.47 bits per heavy atom. The van der Waals surface area contributed by atoms with Crippen LogP contribution in [0.2, 0.25) is 0 Å². The molecule has 0 aliphatic rings. The fourth-order valence-corrected chi connectivity index (χ4v) is 1.77. The minimum absolute atomic E-state index is 0.0240. The Balaban J connectivity index is 2.08. The number of esters is 1. The highest BCUT2D eigenvalue weighted by molar-refractivity contribution is 5.88. The number of nitrogens with two attached hydrogens (primary N) is 1. The minimum Gasteiger partial charge on any atom is -0.465 e. The van der Waals surface area contributed by atoms with Crippen LogP contribution in [-0.4, -0.2) is 22.6 Å². The van der Waals surface area contributed by atoms with Crippen LogP contribution in [-0.2, 0) is 11.3 Å². The predicted molar refractivity (Wildman–Crippen MR) is 71.7 cm³/mol. The van der Waals surface area contributed by atoms with Crippen molar-refractivity contribution in [2.24, 2.45) is 5.73 Å². The Kier molecular flexibility index (Phi) is 3.97. The Labute approximate surface area is 112 Å². The second kappa shape index (κ2) is 5.67. The summed E-state index contributed by atoms with van der Waals surface area (Å²) in [6.07, 6.45) is 5.49. The molecule has 1 atom stereocenters. The smallest absolute Gasteiger partial charge is 0.339 e. The van der Waals surface area contributed by atoms with Gasteiger partial charge in [-0.3, -0.25) is 4.98 Å². The summed E-state index contributed by atoms with van der Waals surface area (Å²) in [4.78, 5) is 15.5. The lowest BCUT2D eigenvalue weighted by atomic mass is 10.2. The standard InChI is InChI=1S/C14H17N3O2/c1-10(15)12-5-6-17(8-12)9-13-4-3-11(7-16-13)14(18)19-2/h3-8,10H,9,15H2,1-2H3. The Bertz CT molecular complexity index is 558. The van der Waals surface area contributed by atoms with Crippen molar-refractivity contribution in [3.8, 4) is 0 Å². The van der Waals surface area contributed by atoms with Gasteiger partial charge in [-0.05, 0) is 30.7 Å². The van der Waals surface area contributed by atoms with Gasteiger partial charge >= 0.3 is 5.97 Å². The van der Waals surface area contributed by atoms with E-state index < -0.39 is 0 Å². The maximum absolute atomic E-state index is 11.3. The highest BCUT2D eigenvalue weighted by atomic mass is 16.5. The van der Waals surface area contributed by atoms with Crippen LogP contribution in [0.25, 0.3) is 0 Å². The molecule has 0 spiro atoms. The fourth-order valence-electron chi connectivity index (χ4n) is 1.77. The van der Waals surface area contributed by atoms with Gasteiger partial charge in [0.25, 0.3) is 0 Å². The number of rotatable bonds is 4. The van der Waals surface area contributed by atoms with Gasteiger partial charge in [0, 0.05) is 24.6 Å². The monoisotopic (exact) mass is 259 g/mol. The van der Waals surface area contributed by atoms with Crippen molar-refractivity contribution >= 4 is 5.97 Å². The summed E-state index contributed by atoms with van der Waals surface area (Å²) in [5, 5.41) is 0. The summed E-state index contributed by atoms with van der Waals surface area (Å²) in [5.41, 5.74) is 8.23. The molecule has 0 amide bonds. The molecule has 5 heteroatoms. The SMILES string of the molecule is COC(=O)c1ccc(Cn2ccc(C(C)N)c2)nc1. The first-order valence-corrected chi connectivity index (χ1v) is 6.04. The van der Waals surface area contributed by atoms with E-state index in [4.69, 9.17) is 5.73 Å². The van der Waals surface area contributed by atoms with Crippen LogP contribution in [0.3, 0.4) is 0 Å². The van der Waals surface area contributed by atoms with Crippen molar-refractivity contribution in [2.45, 2.75) is 19.5 Å². The molecule has 2 aromatic heterocycles. The maximum atomic E-state index is 11.3. The molecule has 0 saturated heterocycles. The van der Waals surface area contributed by atoms with E-state index in [1.807, 2.05) is 36.0 Å². The topological polar surface area (TPSA) is 70.1 Å². The van der Waals surface area contributed by atoms with E-state index in [0.29, 0.717) is 12.1 Å². The predicted octanol–water partition coefficient (Wildman–Crippen LogP) is 1.74. The summed E-state index contributed by atoms with van der Waals surface area (Å²) >= 11 is 0. The molecule has 2 heterocycles. The van der Waals surface area contributed by atoms with E-state index in [2.05, 4.69) is 9.72 Å². The van der Waals surface area contributed by atoms with E-state index in [1.54, 1.807) is 6.07 Å². The number of carbonyl (C=O) groups is 1. The zero-order valence-electron chi connectivity index (χ0n) is 11.0. The van der Waals surface area contributed by atoms with Gasteiger partial charge in [-0.1, -0.05) is 0 Å². The van der Waals surface area contributed by atoms with Crippen molar-refractivity contribution in [1.82, 2.24) is 9.55 Å². The molecule has 1 unspecified atom stereocenters. The van der Waals surface area contributed by atoms with Crippen LogP contribution in [0, 0.1) is 0 Å². The summed E-state index contributed by atoms with van der Waals surface area (Å²) in [7, 11) is 1.35. The fraction of sp³-hybridized carbons (Fsp3) is 0.286. The van der Waals surface area contributed by atoms with Crippen LogP contribution in [0.1, 0.15) is 34.6 Å². The summed E-state index contributed by atoms with van der Waals surface area (Å²) in [6, 6.07) is 5.55. The van der Waals surface area contributed by atoms with Gasteiger partial charge in [0.1, 0.15) is 0 Å². The summed E-state index contributed by atoms with van der Waals surface area (Å²) in [5.74, 6) is -0.376. The molecule has 2 rings (SSSR count). The second-order valence-electron chi connectivity index (χ2n) is 4.44. The number of methoxy groups -OCH3 is 1. The Hall–Kier alpha value is -2.14. The quantitative estimate of drug-likeness (QED) is 0.849. The van der Waals surface area contributed by atoms with E-state index >= 15 is 0 Å². The first kappa shape index (κ1) is 13.3. The van der Waals surface area contributed by atoms with Gasteiger partial charge in [0.2, 0.25) is 0 Å². The van der Waals surface area contributed by atoms with E-state index in [9.17, 15) is 4.79 Å². The molecule has 0 radical (unpaired) electrons. The molecular weight excluding hydrogens is 242 g/mol. The molecular formula is C14H17N3O2. The highest BCUT2D eigenvalue weighted by Crippen LogP contribution is 2.11. The molecule has 5 nitrogen and oxygen atoms in total. The molecule has 19 heavy (non-hydrogen) atoms. The largest absolute Gasteiger partial charge is 0.465 e. The van der Waals surface area contributed by atoms with Gasteiger partial charge in [0.05, 0.1) is 24.9 Å². The van der Waals surface area contributed by atoms with Crippen LogP contribution in [0.15, 0.2) is 36.8 Å². The number of carbonyl (C=O) groups excluding carboxylic acids is 1. The molecule has 0 fully saturated rings. The summed E-state index contributed by atoms with van der Waals surface area (Å²) < 4.78 is 6.64. The number of aromatic nitrogens is 2. The lowest BCUT2D eigenvalue weighted by Gasteiger charge is -2.04. The van der Waals surface area contributed by atoms with E-state index in [0.717, 1.165) is 11.3 Å². The van der Waals surface area contributed by atoms with Crippen molar-refractivity contribution in [3.05, 3.63) is 53.6 Å². The van der Waals surface area contributed by atoms with Crippen LogP contribution in [0.5, 0.6) is 0 Å². The van der Waals surface area contributed by atoms with Crippen molar-refractivity contribution in [2.75, 3.05) is 7.11 Å². The Morgan fingerprint density at radius 3 is 2.79 bits per heavy atom. The van der Waals surface area contributed by atoms with Crippen LogP contribution < -0.4 is 5.73 Å². The van der Waals surface area contributed by atoms with Crippen LogP contribution in [0.4, 0.5) is 0 Å². The lowest BCUT2D eigenvalue weighted by molar-refractivity contribution is 0.0600. The van der Waals surface area contributed by atoms with Crippen molar-refractivity contribution in [3.63, 3.8) is 0 Å². The van der Waals surface area contributed by atoms with Gasteiger partial charge in [0.15, 0.2) is 0 Å². The third-order valence-corrected chi connectivity index (χ3v) is 2.89. The maximum Gasteiger partial charge on any atom is 0.339 e. The van der Waals surface area contributed by atoms with Gasteiger partial charge in [-0.15, -0.1) is 0 Å². The lowest BCUT2D eigenvalue weighted by Crippen LogP contribution is -2.05. The third-order valence-electron chi connectivity index (χ3n) is 2.89. The number of nitrogens with zero attached hydrogens (tertiary/aromatic N) is 2. The van der Waals surface area contributed by atoms with Gasteiger partial charge in [-0.25, -0.2) is 4.79 Å². The molecule has 0 saturated carbocycles. The molecule has 0 aromatic carbocycles. The molecule has 0 aliphatic carbocycles. The second-order valence-corrected chi connectivity index (χ2v) is 4.44. The number of hydrogen-bond acceptors (Lipinski definition) is 4. The first-order valence-electron chi connectivity index (χ1n) is 6.04. The first-order chi connectivity index (χ1) is 9.10. The van der Waals surface area contributed by atoms with E-state index in [1.165, 1.54) is 13.3 Å². The average Bonchev–Trinajstić information content (AvgIpc) is 2.87. The average molecular weight is 259 g/mol. The zero-order valence-corrected chi connectivity index (χ0v) is 11.0. The molecule has 2 N–H and O–H groups in total. The normalized spacial score (nSPS) is 12.2. The number of ether oxygens (including phenoxy) is 1. The zero-order chi connectivity index (χ0) is 13.8. The highest BCUT2D eigenvalue weighted by Gasteiger charge is 2.06. The molecule has 0 bridgehead atoms. The summed E-state index contributed by atoms with van der Waals surface area (Å²) in [6.45, 7) is 2.59. The Morgan fingerprint density at radius 2 is 2.26 bits per heavy atom.